The predicted octanol–water partition coefficient (Wildman–Crippen LogP) is 2.95. The molecule has 13 heavy (non-hydrogen) atoms. The fourth-order valence-electron chi connectivity index (χ4n) is 2.97. The second-order valence-electron chi connectivity index (χ2n) is 5.39. The molecule has 0 saturated heterocycles. The van der Waals surface area contributed by atoms with Crippen molar-refractivity contribution in [2.45, 2.75) is 58.4 Å². The maximum atomic E-state index is 3.58. The third-order valence-corrected chi connectivity index (χ3v) is 3.98. The van der Waals surface area contributed by atoms with Crippen LogP contribution < -0.4 is 5.32 Å². The molecule has 1 N–H and O–H groups in total. The van der Waals surface area contributed by atoms with Gasteiger partial charge in [0.05, 0.1) is 0 Å². The first-order chi connectivity index (χ1) is 6.23. The molecule has 1 spiro atoms. The van der Waals surface area contributed by atoms with E-state index in [4.69, 9.17) is 0 Å². The number of hydrogen-bond acceptors (Lipinski definition) is 1. The molecule has 0 aromatic rings. The van der Waals surface area contributed by atoms with Gasteiger partial charge in [-0.2, -0.15) is 0 Å². The van der Waals surface area contributed by atoms with Gasteiger partial charge in [0, 0.05) is 6.04 Å². The summed E-state index contributed by atoms with van der Waals surface area (Å²) in [6.07, 6.45) is 9.06. The highest BCUT2D eigenvalue weighted by atomic mass is 14.9. The van der Waals surface area contributed by atoms with Gasteiger partial charge in [-0.1, -0.05) is 33.1 Å². The van der Waals surface area contributed by atoms with Crippen LogP contribution in [-0.4, -0.2) is 12.6 Å². The molecule has 76 valence electrons. The first kappa shape index (κ1) is 9.51. The molecule has 1 heteroatoms. The van der Waals surface area contributed by atoms with E-state index in [1.165, 1.54) is 45.1 Å². The van der Waals surface area contributed by atoms with Crippen molar-refractivity contribution in [3.8, 4) is 0 Å². The van der Waals surface area contributed by atoms with E-state index >= 15 is 0 Å². The quantitative estimate of drug-likeness (QED) is 0.706. The van der Waals surface area contributed by atoms with Crippen LogP contribution in [-0.2, 0) is 0 Å². The minimum atomic E-state index is 0.668. The number of rotatable bonds is 3. The second-order valence-corrected chi connectivity index (χ2v) is 5.39. The summed E-state index contributed by atoms with van der Waals surface area (Å²) in [5, 5.41) is 3.58. The summed E-state index contributed by atoms with van der Waals surface area (Å²) in [6, 6.07) is 0.668. The van der Waals surface area contributed by atoms with Gasteiger partial charge in [0.1, 0.15) is 0 Å². The van der Waals surface area contributed by atoms with E-state index in [2.05, 4.69) is 19.2 Å². The Labute approximate surface area is 82.3 Å². The number of hydrogen-bond donors (Lipinski definition) is 1. The van der Waals surface area contributed by atoms with E-state index in [9.17, 15) is 0 Å². The summed E-state index contributed by atoms with van der Waals surface area (Å²) < 4.78 is 0. The van der Waals surface area contributed by atoms with Gasteiger partial charge in [0.2, 0.25) is 0 Å². The Morgan fingerprint density at radius 3 is 2.54 bits per heavy atom. The normalized spacial score (nSPS) is 31.2. The fourth-order valence-corrected chi connectivity index (χ4v) is 2.97. The molecule has 0 aromatic carbocycles. The third kappa shape index (κ3) is 2.07. The van der Waals surface area contributed by atoms with E-state index in [0.29, 0.717) is 6.04 Å². The lowest BCUT2D eigenvalue weighted by atomic mass is 9.84. The van der Waals surface area contributed by atoms with Crippen molar-refractivity contribution >= 4 is 0 Å². The maximum absolute atomic E-state index is 3.58. The van der Waals surface area contributed by atoms with Crippen molar-refractivity contribution in [3.63, 3.8) is 0 Å². The molecule has 1 atom stereocenters. The first-order valence-electron chi connectivity index (χ1n) is 5.96. The topological polar surface area (TPSA) is 12.0 Å². The lowest BCUT2D eigenvalue weighted by Gasteiger charge is -2.22. The molecule has 2 aliphatic rings. The smallest absolute Gasteiger partial charge is 0.00104 e. The van der Waals surface area contributed by atoms with Crippen molar-refractivity contribution in [1.82, 2.24) is 5.32 Å². The van der Waals surface area contributed by atoms with Crippen molar-refractivity contribution < 1.29 is 0 Å². The van der Waals surface area contributed by atoms with Crippen molar-refractivity contribution in [2.75, 3.05) is 6.54 Å². The molecule has 0 aromatic heterocycles. The van der Waals surface area contributed by atoms with Crippen LogP contribution in [0.15, 0.2) is 0 Å². The van der Waals surface area contributed by atoms with Gasteiger partial charge in [-0.25, -0.2) is 0 Å². The molecular weight excluding hydrogens is 158 g/mol. The van der Waals surface area contributed by atoms with Crippen LogP contribution in [0.5, 0.6) is 0 Å². The zero-order chi connectivity index (χ0) is 9.31. The van der Waals surface area contributed by atoms with Crippen LogP contribution in [0.1, 0.15) is 52.4 Å². The lowest BCUT2D eigenvalue weighted by molar-refractivity contribution is 0.302. The molecule has 0 aliphatic heterocycles. The minimum Gasteiger partial charge on any atom is -0.314 e. The highest BCUT2D eigenvalue weighted by molar-refractivity contribution is 5.04. The number of nitrogens with one attached hydrogen (secondary N) is 1. The molecular formula is C12H23N. The van der Waals surface area contributed by atoms with Crippen molar-refractivity contribution in [2.24, 2.45) is 11.3 Å². The zero-order valence-corrected chi connectivity index (χ0v) is 9.10. The van der Waals surface area contributed by atoms with Crippen LogP contribution >= 0.6 is 0 Å². The van der Waals surface area contributed by atoms with Crippen LogP contribution in [0.25, 0.3) is 0 Å². The Balaban J connectivity index is 1.73. The van der Waals surface area contributed by atoms with Crippen molar-refractivity contribution in [1.29, 1.82) is 0 Å². The van der Waals surface area contributed by atoms with E-state index in [1.807, 2.05) is 0 Å². The van der Waals surface area contributed by atoms with E-state index in [-0.39, 0.29) is 0 Å². The van der Waals surface area contributed by atoms with Gasteiger partial charge in [-0.3, -0.25) is 0 Å². The summed E-state index contributed by atoms with van der Waals surface area (Å²) in [5.41, 5.74) is 0.820. The van der Waals surface area contributed by atoms with E-state index < -0.39 is 0 Å². The maximum Gasteiger partial charge on any atom is 0.00104 e. The summed E-state index contributed by atoms with van der Waals surface area (Å²) in [4.78, 5) is 0. The third-order valence-electron chi connectivity index (χ3n) is 3.98. The van der Waals surface area contributed by atoms with E-state index in [1.54, 1.807) is 0 Å². The minimum absolute atomic E-state index is 0.668. The molecule has 0 radical (unpaired) electrons. The molecule has 2 rings (SSSR count). The molecule has 2 fully saturated rings. The van der Waals surface area contributed by atoms with Gasteiger partial charge in [-0.15, -0.1) is 0 Å². The van der Waals surface area contributed by atoms with Crippen LogP contribution in [0.4, 0.5) is 0 Å². The summed E-state index contributed by atoms with van der Waals surface area (Å²) in [7, 11) is 0. The Hall–Kier alpha value is -0.0400. The van der Waals surface area contributed by atoms with Crippen LogP contribution in [0.3, 0.4) is 0 Å². The van der Waals surface area contributed by atoms with E-state index in [0.717, 1.165) is 11.3 Å². The van der Waals surface area contributed by atoms with Crippen LogP contribution in [0, 0.1) is 11.3 Å². The van der Waals surface area contributed by atoms with Gasteiger partial charge in [0.25, 0.3) is 0 Å². The zero-order valence-electron chi connectivity index (χ0n) is 9.10. The molecule has 2 saturated carbocycles. The standard InChI is InChI=1S/C12H23N/c1-10(2)13-9-11-8-12(11)6-4-3-5-7-12/h10-11,13H,3-9H2,1-2H3. The highest BCUT2D eigenvalue weighted by Gasteiger charge is 2.52. The van der Waals surface area contributed by atoms with Crippen molar-refractivity contribution in [3.05, 3.63) is 0 Å². The average Bonchev–Trinajstić information content (AvgIpc) is 2.77. The van der Waals surface area contributed by atoms with Gasteiger partial charge in [0.15, 0.2) is 0 Å². The molecule has 0 heterocycles. The Bertz CT molecular complexity index is 168. The molecule has 1 nitrogen and oxygen atoms in total. The first-order valence-corrected chi connectivity index (χ1v) is 5.96. The largest absolute Gasteiger partial charge is 0.314 e. The average molecular weight is 181 g/mol. The van der Waals surface area contributed by atoms with Crippen LogP contribution in [0.2, 0.25) is 0 Å². The highest BCUT2D eigenvalue weighted by Crippen LogP contribution is 2.60. The van der Waals surface area contributed by atoms with Gasteiger partial charge in [-0.05, 0) is 37.1 Å². The lowest BCUT2D eigenvalue weighted by Crippen LogP contribution is -2.27. The Morgan fingerprint density at radius 1 is 1.23 bits per heavy atom. The Morgan fingerprint density at radius 2 is 1.92 bits per heavy atom. The molecule has 1 unspecified atom stereocenters. The molecule has 0 bridgehead atoms. The fraction of sp³-hybridized carbons (Fsp3) is 1.00. The summed E-state index contributed by atoms with van der Waals surface area (Å²) in [6.45, 7) is 5.77. The monoisotopic (exact) mass is 181 g/mol. The van der Waals surface area contributed by atoms with Gasteiger partial charge >= 0.3 is 0 Å². The predicted molar refractivity (Wildman–Crippen MR) is 56.8 cm³/mol. The SMILES string of the molecule is CC(C)NCC1CC12CCCCC2. The summed E-state index contributed by atoms with van der Waals surface area (Å²) >= 11 is 0. The Kier molecular flexibility index (Phi) is 2.64. The molecule has 2 aliphatic carbocycles. The summed E-state index contributed by atoms with van der Waals surface area (Å²) in [5.74, 6) is 1.02. The molecule has 0 amide bonds. The second kappa shape index (κ2) is 3.61. The van der Waals surface area contributed by atoms with Gasteiger partial charge < -0.3 is 5.32 Å².